The molecule has 0 aliphatic carbocycles. The van der Waals surface area contributed by atoms with Crippen molar-refractivity contribution >= 4 is 23.6 Å². The van der Waals surface area contributed by atoms with E-state index in [0.29, 0.717) is 32.0 Å². The summed E-state index contributed by atoms with van der Waals surface area (Å²) in [7, 11) is 0. The van der Waals surface area contributed by atoms with E-state index in [4.69, 9.17) is 0 Å². The van der Waals surface area contributed by atoms with Gasteiger partial charge < -0.3 is 16.0 Å². The lowest BCUT2D eigenvalue weighted by Crippen LogP contribution is -2.39. The molecular formula is C18H29FN4OS. The predicted molar refractivity (Wildman–Crippen MR) is 104 cm³/mol. The number of aliphatic imine (C=N–C) groups is 1. The Balaban J connectivity index is 2.62. The quantitative estimate of drug-likeness (QED) is 0.439. The fraction of sp³-hybridized carbons (Fsp3) is 0.556. The average molecular weight is 369 g/mol. The van der Waals surface area contributed by atoms with Crippen LogP contribution in [-0.2, 0) is 17.1 Å². The fourth-order valence-corrected chi connectivity index (χ4v) is 2.77. The smallest absolute Gasteiger partial charge is 0.221 e. The maximum absolute atomic E-state index is 13.4. The molecule has 0 radical (unpaired) electrons. The highest BCUT2D eigenvalue weighted by Gasteiger charge is 2.05. The number of carbonyl (C=O) groups is 1. The minimum atomic E-state index is -0.222. The van der Waals surface area contributed by atoms with Crippen molar-refractivity contribution < 1.29 is 9.18 Å². The molecular weight excluding hydrogens is 339 g/mol. The SMILES string of the molecule is CCCNC(=O)CCNC(=NCc1ccc(F)cc1CSC)NCC. The van der Waals surface area contributed by atoms with Gasteiger partial charge in [-0.2, -0.15) is 11.8 Å². The minimum absolute atomic E-state index is 0.0333. The summed E-state index contributed by atoms with van der Waals surface area (Å²) in [6.45, 7) is 6.43. The number of amides is 1. The van der Waals surface area contributed by atoms with Gasteiger partial charge >= 0.3 is 0 Å². The van der Waals surface area contributed by atoms with Crippen molar-refractivity contribution in [3.05, 3.63) is 35.1 Å². The second-order valence-electron chi connectivity index (χ2n) is 5.57. The molecule has 1 rings (SSSR count). The molecule has 0 atom stereocenters. The van der Waals surface area contributed by atoms with Gasteiger partial charge in [-0.05, 0) is 42.9 Å². The number of hydrogen-bond donors (Lipinski definition) is 3. The molecule has 7 heteroatoms. The fourth-order valence-electron chi connectivity index (χ4n) is 2.19. The van der Waals surface area contributed by atoms with Crippen LogP contribution in [0.25, 0.3) is 0 Å². The molecule has 0 heterocycles. The van der Waals surface area contributed by atoms with E-state index in [0.717, 1.165) is 29.8 Å². The number of halogens is 1. The Hall–Kier alpha value is -1.76. The third-order valence-corrected chi connectivity index (χ3v) is 4.04. The summed E-state index contributed by atoms with van der Waals surface area (Å²) in [5.41, 5.74) is 1.97. The molecule has 0 fully saturated rings. The first kappa shape index (κ1) is 21.3. The van der Waals surface area contributed by atoms with Crippen LogP contribution < -0.4 is 16.0 Å². The number of nitrogens with zero attached hydrogens (tertiary/aromatic N) is 1. The standard InChI is InChI=1S/C18H29FN4OS/c1-4-9-21-17(24)8-10-22-18(20-5-2)23-12-14-6-7-16(19)11-15(14)13-25-3/h6-7,11H,4-5,8-10,12-13H2,1-3H3,(H,21,24)(H2,20,22,23). The third-order valence-electron chi connectivity index (χ3n) is 3.44. The third kappa shape index (κ3) is 8.77. The highest BCUT2D eigenvalue weighted by Crippen LogP contribution is 2.17. The van der Waals surface area contributed by atoms with Gasteiger partial charge in [0.25, 0.3) is 0 Å². The Morgan fingerprint density at radius 2 is 1.96 bits per heavy atom. The van der Waals surface area contributed by atoms with Gasteiger partial charge in [-0.15, -0.1) is 0 Å². The summed E-state index contributed by atoms with van der Waals surface area (Å²) in [4.78, 5) is 16.2. The van der Waals surface area contributed by atoms with Crippen LogP contribution in [-0.4, -0.2) is 37.8 Å². The minimum Gasteiger partial charge on any atom is -0.357 e. The lowest BCUT2D eigenvalue weighted by Gasteiger charge is -2.12. The molecule has 1 aromatic carbocycles. The maximum atomic E-state index is 13.4. The van der Waals surface area contributed by atoms with Crippen LogP contribution in [0.15, 0.2) is 23.2 Å². The van der Waals surface area contributed by atoms with E-state index in [1.54, 1.807) is 23.9 Å². The summed E-state index contributed by atoms with van der Waals surface area (Å²) in [5, 5.41) is 9.17. The van der Waals surface area contributed by atoms with Gasteiger partial charge in [0, 0.05) is 31.8 Å². The number of guanidine groups is 1. The molecule has 0 saturated heterocycles. The highest BCUT2D eigenvalue weighted by atomic mass is 32.2. The molecule has 0 aliphatic heterocycles. The first-order valence-electron chi connectivity index (χ1n) is 8.65. The summed E-state index contributed by atoms with van der Waals surface area (Å²) >= 11 is 1.65. The van der Waals surface area contributed by atoms with Crippen molar-refractivity contribution in [2.45, 2.75) is 39.0 Å². The van der Waals surface area contributed by atoms with Gasteiger partial charge in [-0.3, -0.25) is 4.79 Å². The van der Waals surface area contributed by atoms with Gasteiger partial charge in [0.05, 0.1) is 6.54 Å². The van der Waals surface area contributed by atoms with Crippen molar-refractivity contribution in [1.29, 1.82) is 0 Å². The molecule has 0 bridgehead atoms. The Bertz CT molecular complexity index is 566. The zero-order chi connectivity index (χ0) is 18.5. The zero-order valence-corrected chi connectivity index (χ0v) is 16.1. The number of benzene rings is 1. The summed E-state index contributed by atoms with van der Waals surface area (Å²) in [6.07, 6.45) is 3.32. The Morgan fingerprint density at radius 3 is 2.64 bits per heavy atom. The molecule has 0 spiro atoms. The lowest BCUT2D eigenvalue weighted by atomic mass is 10.1. The molecule has 0 aromatic heterocycles. The summed E-state index contributed by atoms with van der Waals surface area (Å²) in [6, 6.07) is 4.82. The molecule has 0 saturated carbocycles. The first-order chi connectivity index (χ1) is 12.1. The Labute approximate surface area is 154 Å². The molecule has 5 nitrogen and oxygen atoms in total. The van der Waals surface area contributed by atoms with E-state index in [1.807, 2.05) is 20.1 Å². The molecule has 3 N–H and O–H groups in total. The largest absolute Gasteiger partial charge is 0.357 e. The molecule has 0 aliphatic rings. The van der Waals surface area contributed by atoms with E-state index in [-0.39, 0.29) is 11.7 Å². The highest BCUT2D eigenvalue weighted by molar-refractivity contribution is 7.97. The monoisotopic (exact) mass is 368 g/mol. The Morgan fingerprint density at radius 1 is 1.16 bits per heavy atom. The van der Waals surface area contributed by atoms with Crippen molar-refractivity contribution in [3.63, 3.8) is 0 Å². The van der Waals surface area contributed by atoms with Gasteiger partial charge in [-0.25, -0.2) is 9.38 Å². The van der Waals surface area contributed by atoms with Gasteiger partial charge in [0.2, 0.25) is 5.91 Å². The predicted octanol–water partition coefficient (Wildman–Crippen LogP) is 2.66. The molecule has 1 aromatic rings. The van der Waals surface area contributed by atoms with Crippen LogP contribution >= 0.6 is 11.8 Å². The van der Waals surface area contributed by atoms with E-state index >= 15 is 0 Å². The van der Waals surface area contributed by atoms with Crippen LogP contribution in [0.5, 0.6) is 0 Å². The van der Waals surface area contributed by atoms with Gasteiger partial charge in [-0.1, -0.05) is 13.0 Å². The first-order valence-corrected chi connectivity index (χ1v) is 10.0. The van der Waals surface area contributed by atoms with Crippen LogP contribution in [0.3, 0.4) is 0 Å². The van der Waals surface area contributed by atoms with Crippen molar-refractivity contribution in [3.8, 4) is 0 Å². The van der Waals surface area contributed by atoms with Gasteiger partial charge in [0.15, 0.2) is 5.96 Å². The van der Waals surface area contributed by atoms with E-state index in [1.165, 1.54) is 6.07 Å². The number of hydrogen-bond acceptors (Lipinski definition) is 3. The average Bonchev–Trinajstić information content (AvgIpc) is 2.59. The zero-order valence-electron chi connectivity index (χ0n) is 15.3. The topological polar surface area (TPSA) is 65.5 Å². The second-order valence-corrected chi connectivity index (χ2v) is 6.43. The van der Waals surface area contributed by atoms with Crippen LogP contribution in [0.2, 0.25) is 0 Å². The number of carbonyl (C=O) groups excluding carboxylic acids is 1. The van der Waals surface area contributed by atoms with E-state index in [2.05, 4.69) is 20.9 Å². The number of thioether (sulfide) groups is 1. The van der Waals surface area contributed by atoms with Crippen LogP contribution in [0.1, 0.15) is 37.8 Å². The van der Waals surface area contributed by atoms with E-state index < -0.39 is 0 Å². The number of nitrogens with one attached hydrogen (secondary N) is 3. The van der Waals surface area contributed by atoms with Gasteiger partial charge in [0.1, 0.15) is 5.82 Å². The Kier molecular flexibility index (Phi) is 10.7. The molecule has 1 amide bonds. The number of rotatable bonds is 10. The van der Waals surface area contributed by atoms with Crippen molar-refractivity contribution in [2.75, 3.05) is 25.9 Å². The van der Waals surface area contributed by atoms with Crippen molar-refractivity contribution in [1.82, 2.24) is 16.0 Å². The molecule has 140 valence electrons. The van der Waals surface area contributed by atoms with Crippen LogP contribution in [0.4, 0.5) is 4.39 Å². The molecule has 25 heavy (non-hydrogen) atoms. The normalized spacial score (nSPS) is 11.3. The summed E-state index contributed by atoms with van der Waals surface area (Å²) < 4.78 is 13.4. The maximum Gasteiger partial charge on any atom is 0.221 e. The van der Waals surface area contributed by atoms with Crippen LogP contribution in [0, 0.1) is 5.82 Å². The van der Waals surface area contributed by atoms with E-state index in [9.17, 15) is 9.18 Å². The lowest BCUT2D eigenvalue weighted by molar-refractivity contribution is -0.120. The summed E-state index contributed by atoms with van der Waals surface area (Å²) in [5.74, 6) is 1.22. The molecule has 0 unspecified atom stereocenters. The second kappa shape index (κ2) is 12.6. The van der Waals surface area contributed by atoms with Crippen molar-refractivity contribution in [2.24, 2.45) is 4.99 Å².